The number of rotatable bonds is 5. The lowest BCUT2D eigenvalue weighted by Crippen LogP contribution is -2.38. The molecule has 0 atom stereocenters. The summed E-state index contributed by atoms with van der Waals surface area (Å²) in [6.07, 6.45) is 11.4. The molecule has 4 rings (SSSR count). The number of piperidine rings is 1. The molecule has 1 amide bonds. The van der Waals surface area contributed by atoms with Gasteiger partial charge in [0.25, 0.3) is 5.91 Å². The van der Waals surface area contributed by atoms with Crippen LogP contribution in [0, 0.1) is 12.8 Å². The Hall–Kier alpha value is -2.17. The Morgan fingerprint density at radius 3 is 2.56 bits per heavy atom. The largest absolute Gasteiger partial charge is 0.339 e. The zero-order chi connectivity index (χ0) is 17.2. The third kappa shape index (κ3) is 3.60. The summed E-state index contributed by atoms with van der Waals surface area (Å²) in [6.45, 7) is 4.96. The topological polar surface area (TPSA) is 51.0 Å². The van der Waals surface area contributed by atoms with Crippen molar-refractivity contribution >= 4 is 5.91 Å². The average molecular weight is 338 g/mol. The minimum absolute atomic E-state index is 0.141. The molecule has 0 unspecified atom stereocenters. The number of likely N-dealkylation sites (tertiary alicyclic amines) is 1. The number of aromatic nitrogens is 3. The average Bonchev–Trinajstić information content (AvgIpc) is 3.44. The Labute approximate surface area is 149 Å². The van der Waals surface area contributed by atoms with Crippen LogP contribution in [0.3, 0.4) is 0 Å². The van der Waals surface area contributed by atoms with Crippen molar-refractivity contribution in [1.82, 2.24) is 19.4 Å². The predicted molar refractivity (Wildman–Crippen MR) is 96.4 cm³/mol. The van der Waals surface area contributed by atoms with E-state index < -0.39 is 0 Å². The first kappa shape index (κ1) is 16.3. The maximum atomic E-state index is 12.5. The van der Waals surface area contributed by atoms with Crippen LogP contribution < -0.4 is 0 Å². The van der Waals surface area contributed by atoms with Crippen molar-refractivity contribution in [3.05, 3.63) is 47.8 Å². The summed E-state index contributed by atoms with van der Waals surface area (Å²) in [5.41, 5.74) is 2.03. The molecule has 1 saturated heterocycles. The summed E-state index contributed by atoms with van der Waals surface area (Å²) in [6, 6.07) is 3.60. The molecular weight excluding hydrogens is 312 g/mol. The Kier molecular flexibility index (Phi) is 4.55. The number of nitrogens with zero attached hydrogens (tertiary/aromatic N) is 4. The number of pyridine rings is 1. The molecule has 0 N–H and O–H groups in total. The van der Waals surface area contributed by atoms with Gasteiger partial charge in [-0.15, -0.1) is 0 Å². The van der Waals surface area contributed by atoms with E-state index in [1.54, 1.807) is 24.5 Å². The molecule has 2 aromatic rings. The Bertz CT molecular complexity index is 727. The van der Waals surface area contributed by atoms with E-state index in [1.807, 2.05) is 11.1 Å². The second-order valence-electron chi connectivity index (χ2n) is 7.44. The van der Waals surface area contributed by atoms with Gasteiger partial charge in [0.1, 0.15) is 5.82 Å². The third-order valence-corrected chi connectivity index (χ3v) is 5.62. The second kappa shape index (κ2) is 6.98. The number of imidazole rings is 1. The standard InChI is InChI=1S/C20H26N4O/c1-15-14-22-19(17-2-3-17)24(15)13-8-16-6-11-23(12-7-16)20(25)18-4-9-21-10-5-18/h4-5,9-10,14,16-17H,2-3,6-8,11-13H2,1H3. The molecule has 0 radical (unpaired) electrons. The molecule has 2 aromatic heterocycles. The zero-order valence-corrected chi connectivity index (χ0v) is 14.9. The SMILES string of the molecule is Cc1cnc(C2CC2)n1CCC1CCN(C(=O)c2ccncc2)CC1. The second-order valence-corrected chi connectivity index (χ2v) is 7.44. The van der Waals surface area contributed by atoms with Gasteiger partial charge in [0, 0.05) is 55.4 Å². The van der Waals surface area contributed by atoms with Gasteiger partial charge in [-0.1, -0.05) is 0 Å². The number of carbonyl (C=O) groups is 1. The van der Waals surface area contributed by atoms with Gasteiger partial charge in [0.15, 0.2) is 0 Å². The minimum Gasteiger partial charge on any atom is -0.339 e. The molecule has 1 aliphatic heterocycles. The molecule has 2 aliphatic rings. The van der Waals surface area contributed by atoms with Gasteiger partial charge in [-0.2, -0.15) is 0 Å². The molecular formula is C20H26N4O. The van der Waals surface area contributed by atoms with Crippen LogP contribution in [-0.2, 0) is 6.54 Å². The number of aryl methyl sites for hydroxylation is 1. The van der Waals surface area contributed by atoms with E-state index >= 15 is 0 Å². The van der Waals surface area contributed by atoms with Gasteiger partial charge >= 0.3 is 0 Å². The van der Waals surface area contributed by atoms with Crippen molar-refractivity contribution in [3.63, 3.8) is 0 Å². The van der Waals surface area contributed by atoms with E-state index in [0.29, 0.717) is 11.8 Å². The molecule has 1 aliphatic carbocycles. The lowest BCUT2D eigenvalue weighted by atomic mass is 9.93. The Morgan fingerprint density at radius 1 is 1.16 bits per heavy atom. The fourth-order valence-electron chi connectivity index (χ4n) is 3.85. The van der Waals surface area contributed by atoms with Gasteiger partial charge in [0.05, 0.1) is 0 Å². The summed E-state index contributed by atoms with van der Waals surface area (Å²) in [4.78, 5) is 23.1. The summed E-state index contributed by atoms with van der Waals surface area (Å²) >= 11 is 0. The highest BCUT2D eigenvalue weighted by atomic mass is 16.2. The van der Waals surface area contributed by atoms with E-state index in [9.17, 15) is 4.79 Å². The lowest BCUT2D eigenvalue weighted by molar-refractivity contribution is 0.0684. The molecule has 0 aromatic carbocycles. The first-order valence-corrected chi connectivity index (χ1v) is 9.43. The van der Waals surface area contributed by atoms with Crippen LogP contribution in [0.1, 0.15) is 59.9 Å². The highest BCUT2D eigenvalue weighted by Crippen LogP contribution is 2.39. The number of amides is 1. The van der Waals surface area contributed by atoms with Gasteiger partial charge in [-0.25, -0.2) is 4.98 Å². The van der Waals surface area contributed by atoms with Crippen molar-refractivity contribution < 1.29 is 4.79 Å². The van der Waals surface area contributed by atoms with Crippen LogP contribution in [0.5, 0.6) is 0 Å². The number of carbonyl (C=O) groups excluding carboxylic acids is 1. The van der Waals surface area contributed by atoms with Crippen LogP contribution in [0.15, 0.2) is 30.7 Å². The van der Waals surface area contributed by atoms with Crippen LogP contribution in [0.4, 0.5) is 0 Å². The molecule has 5 heteroatoms. The fraction of sp³-hybridized carbons (Fsp3) is 0.550. The van der Waals surface area contributed by atoms with E-state index in [4.69, 9.17) is 0 Å². The van der Waals surface area contributed by atoms with E-state index in [0.717, 1.165) is 38.0 Å². The highest BCUT2D eigenvalue weighted by molar-refractivity contribution is 5.94. The van der Waals surface area contributed by atoms with Crippen LogP contribution >= 0.6 is 0 Å². The summed E-state index contributed by atoms with van der Waals surface area (Å²) in [5, 5.41) is 0. The van der Waals surface area contributed by atoms with Crippen molar-refractivity contribution in [3.8, 4) is 0 Å². The van der Waals surface area contributed by atoms with Crippen molar-refractivity contribution in [1.29, 1.82) is 0 Å². The van der Waals surface area contributed by atoms with Gasteiger partial charge < -0.3 is 9.47 Å². The first-order chi connectivity index (χ1) is 12.2. The molecule has 2 fully saturated rings. The van der Waals surface area contributed by atoms with Gasteiger partial charge in [0.2, 0.25) is 0 Å². The number of hydrogen-bond acceptors (Lipinski definition) is 3. The maximum Gasteiger partial charge on any atom is 0.253 e. The molecule has 0 spiro atoms. The van der Waals surface area contributed by atoms with Crippen LogP contribution in [-0.4, -0.2) is 38.4 Å². The zero-order valence-electron chi connectivity index (χ0n) is 14.9. The smallest absolute Gasteiger partial charge is 0.253 e. The normalized spacial score (nSPS) is 18.5. The van der Waals surface area contributed by atoms with Crippen molar-refractivity contribution in [2.75, 3.05) is 13.1 Å². The van der Waals surface area contributed by atoms with Crippen molar-refractivity contribution in [2.24, 2.45) is 5.92 Å². The predicted octanol–water partition coefficient (Wildman–Crippen LogP) is 3.41. The first-order valence-electron chi connectivity index (χ1n) is 9.43. The summed E-state index contributed by atoms with van der Waals surface area (Å²) in [7, 11) is 0. The molecule has 3 heterocycles. The Balaban J connectivity index is 1.29. The monoisotopic (exact) mass is 338 g/mol. The quantitative estimate of drug-likeness (QED) is 0.839. The van der Waals surface area contributed by atoms with Crippen LogP contribution in [0.2, 0.25) is 0 Å². The molecule has 0 bridgehead atoms. The third-order valence-electron chi connectivity index (χ3n) is 5.62. The minimum atomic E-state index is 0.141. The fourth-order valence-corrected chi connectivity index (χ4v) is 3.85. The Morgan fingerprint density at radius 2 is 1.88 bits per heavy atom. The molecule has 132 valence electrons. The highest BCUT2D eigenvalue weighted by Gasteiger charge is 2.29. The van der Waals surface area contributed by atoms with Crippen LogP contribution in [0.25, 0.3) is 0 Å². The number of hydrogen-bond donors (Lipinski definition) is 0. The molecule has 5 nitrogen and oxygen atoms in total. The van der Waals surface area contributed by atoms with E-state index in [-0.39, 0.29) is 5.91 Å². The molecule has 1 saturated carbocycles. The van der Waals surface area contributed by atoms with E-state index in [2.05, 4.69) is 21.5 Å². The summed E-state index contributed by atoms with van der Waals surface area (Å²) < 4.78 is 2.42. The summed E-state index contributed by atoms with van der Waals surface area (Å²) in [5.74, 6) is 2.84. The van der Waals surface area contributed by atoms with Gasteiger partial charge in [-0.3, -0.25) is 9.78 Å². The van der Waals surface area contributed by atoms with Crippen molar-refractivity contribution in [2.45, 2.75) is 51.5 Å². The lowest BCUT2D eigenvalue weighted by Gasteiger charge is -2.32. The van der Waals surface area contributed by atoms with Gasteiger partial charge in [-0.05, 0) is 57.1 Å². The molecule has 25 heavy (non-hydrogen) atoms. The maximum absolute atomic E-state index is 12.5. The van der Waals surface area contributed by atoms with E-state index in [1.165, 1.54) is 30.8 Å².